The zero-order valence-electron chi connectivity index (χ0n) is 12.4. The summed E-state index contributed by atoms with van der Waals surface area (Å²) in [4.78, 5) is 2.32. The average molecular weight is 229 g/mol. The van der Waals surface area contributed by atoms with Gasteiger partial charge in [-0.15, -0.1) is 0 Å². The van der Waals surface area contributed by atoms with Crippen LogP contribution in [0.2, 0.25) is 0 Å². The van der Waals surface area contributed by atoms with Gasteiger partial charge in [-0.1, -0.05) is 32.6 Å². The van der Waals surface area contributed by atoms with Gasteiger partial charge >= 0.3 is 0 Å². The lowest BCUT2D eigenvalue weighted by Crippen LogP contribution is -2.54. The van der Waals surface area contributed by atoms with E-state index in [-0.39, 0.29) is 0 Å². The van der Waals surface area contributed by atoms with Crippen molar-refractivity contribution in [1.82, 2.24) is 4.90 Å². The van der Waals surface area contributed by atoms with Crippen molar-refractivity contribution in [2.75, 3.05) is 34.7 Å². The minimum absolute atomic E-state index is 0.607. The molecule has 0 aliphatic rings. The maximum atomic E-state index is 2.34. The largest absolute Gasteiger partial charge is 0.314 e. The molecule has 0 heterocycles. The van der Waals surface area contributed by atoms with Gasteiger partial charge in [-0.25, -0.2) is 0 Å². The summed E-state index contributed by atoms with van der Waals surface area (Å²) in [6, 6.07) is 0. The first kappa shape index (κ1) is 15.9. The topological polar surface area (TPSA) is 3.24 Å². The molecule has 1 unspecified atom stereocenters. The Labute approximate surface area is 103 Å². The number of nitrogens with zero attached hydrogens (tertiary/aromatic N) is 2. The molecule has 0 amide bonds. The molecule has 2 heteroatoms. The molecule has 0 aliphatic heterocycles. The smallest absolute Gasteiger partial charge is 0.141 e. The minimum Gasteiger partial charge on any atom is -0.314 e. The van der Waals surface area contributed by atoms with Gasteiger partial charge in [-0.05, 0) is 26.9 Å². The lowest BCUT2D eigenvalue weighted by atomic mass is 10.1. The average Bonchev–Trinajstić information content (AvgIpc) is 2.22. The van der Waals surface area contributed by atoms with Crippen molar-refractivity contribution < 1.29 is 4.48 Å². The molecule has 1 atom stereocenters. The Morgan fingerprint density at radius 1 is 0.938 bits per heavy atom. The molecular weight excluding hydrogens is 196 g/mol. The van der Waals surface area contributed by atoms with Crippen molar-refractivity contribution in [3.63, 3.8) is 0 Å². The monoisotopic (exact) mass is 229 g/mol. The van der Waals surface area contributed by atoms with Crippen LogP contribution in [0, 0.1) is 0 Å². The van der Waals surface area contributed by atoms with E-state index in [1.165, 1.54) is 45.1 Å². The summed E-state index contributed by atoms with van der Waals surface area (Å²) in [7, 11) is 9.03. The molecule has 98 valence electrons. The summed E-state index contributed by atoms with van der Waals surface area (Å²) in [5, 5.41) is 0. The van der Waals surface area contributed by atoms with Crippen LogP contribution in [0.3, 0.4) is 0 Å². The zero-order chi connectivity index (χ0) is 12.6. The summed E-state index contributed by atoms with van der Waals surface area (Å²) in [5.74, 6) is 0. The minimum atomic E-state index is 0.607. The van der Waals surface area contributed by atoms with E-state index in [9.17, 15) is 0 Å². The Morgan fingerprint density at radius 2 is 1.44 bits per heavy atom. The Kier molecular flexibility index (Phi) is 8.04. The van der Waals surface area contributed by atoms with E-state index in [2.05, 4.69) is 46.9 Å². The van der Waals surface area contributed by atoms with Crippen molar-refractivity contribution in [2.45, 2.75) is 58.5 Å². The predicted octanol–water partition coefficient (Wildman–Crippen LogP) is 3.33. The fraction of sp³-hybridized carbons (Fsp3) is 1.00. The van der Waals surface area contributed by atoms with E-state index in [0.29, 0.717) is 6.17 Å². The fourth-order valence-electron chi connectivity index (χ4n) is 2.11. The van der Waals surface area contributed by atoms with Crippen molar-refractivity contribution in [3.05, 3.63) is 0 Å². The van der Waals surface area contributed by atoms with Gasteiger partial charge in [0.15, 0.2) is 0 Å². The van der Waals surface area contributed by atoms with Crippen LogP contribution in [0.15, 0.2) is 0 Å². The summed E-state index contributed by atoms with van der Waals surface area (Å²) in [6.07, 6.45) is 8.98. The first-order valence-corrected chi connectivity index (χ1v) is 6.91. The van der Waals surface area contributed by atoms with E-state index in [4.69, 9.17) is 0 Å². The summed E-state index contributed by atoms with van der Waals surface area (Å²) in [6.45, 7) is 5.89. The van der Waals surface area contributed by atoms with Gasteiger partial charge in [0.1, 0.15) is 6.17 Å². The maximum Gasteiger partial charge on any atom is 0.141 e. The molecule has 0 aromatic carbocycles. The second-order valence-corrected chi connectivity index (χ2v) is 5.87. The van der Waals surface area contributed by atoms with Crippen LogP contribution in [0.4, 0.5) is 0 Å². The van der Waals surface area contributed by atoms with Gasteiger partial charge in [0.2, 0.25) is 0 Å². The Hall–Kier alpha value is -0.0800. The molecule has 0 rings (SSSR count). The first-order chi connectivity index (χ1) is 7.41. The van der Waals surface area contributed by atoms with E-state index >= 15 is 0 Å². The Balaban J connectivity index is 3.66. The summed E-state index contributed by atoms with van der Waals surface area (Å²) >= 11 is 0. The van der Waals surface area contributed by atoms with Gasteiger partial charge in [0.05, 0.1) is 20.6 Å². The SMILES string of the molecule is CCCCCCCC[N+](C)(C)C(C)N(C)C. The van der Waals surface area contributed by atoms with Crippen LogP contribution in [0.25, 0.3) is 0 Å². The quantitative estimate of drug-likeness (QED) is 0.333. The van der Waals surface area contributed by atoms with Crippen LogP contribution in [0.5, 0.6) is 0 Å². The number of rotatable bonds is 9. The maximum absolute atomic E-state index is 2.34. The molecule has 0 saturated heterocycles. The van der Waals surface area contributed by atoms with Crippen molar-refractivity contribution in [3.8, 4) is 0 Å². The highest BCUT2D eigenvalue weighted by Gasteiger charge is 2.24. The second-order valence-electron chi connectivity index (χ2n) is 5.87. The molecule has 0 N–H and O–H groups in total. The summed E-state index contributed by atoms with van der Waals surface area (Å²) in [5.41, 5.74) is 0. The van der Waals surface area contributed by atoms with Crippen molar-refractivity contribution in [1.29, 1.82) is 0 Å². The first-order valence-electron chi connectivity index (χ1n) is 6.91. The fourth-order valence-corrected chi connectivity index (χ4v) is 2.11. The number of hydrogen-bond donors (Lipinski definition) is 0. The third-order valence-corrected chi connectivity index (χ3v) is 3.85. The molecule has 0 radical (unpaired) electrons. The normalized spacial score (nSPS) is 14.4. The third kappa shape index (κ3) is 6.49. The predicted molar refractivity (Wildman–Crippen MR) is 73.5 cm³/mol. The van der Waals surface area contributed by atoms with Gasteiger partial charge in [0.25, 0.3) is 0 Å². The lowest BCUT2D eigenvalue weighted by Gasteiger charge is -2.39. The van der Waals surface area contributed by atoms with Crippen molar-refractivity contribution in [2.24, 2.45) is 0 Å². The van der Waals surface area contributed by atoms with E-state index in [0.717, 1.165) is 4.48 Å². The third-order valence-electron chi connectivity index (χ3n) is 3.85. The molecule has 0 spiro atoms. The van der Waals surface area contributed by atoms with Crippen molar-refractivity contribution >= 4 is 0 Å². The number of hydrogen-bond acceptors (Lipinski definition) is 1. The standard InChI is InChI=1S/C14H33N2/c1-7-8-9-10-11-12-13-16(5,6)14(2)15(3)4/h14H,7-13H2,1-6H3/q+1. The molecule has 0 aliphatic carbocycles. The highest BCUT2D eigenvalue weighted by molar-refractivity contribution is 4.49. The molecule has 0 aromatic heterocycles. The van der Waals surface area contributed by atoms with Gasteiger partial charge in [0, 0.05) is 6.92 Å². The molecule has 0 fully saturated rings. The second kappa shape index (κ2) is 8.08. The molecule has 0 saturated carbocycles. The van der Waals surface area contributed by atoms with E-state index < -0.39 is 0 Å². The molecule has 16 heavy (non-hydrogen) atoms. The molecule has 0 aromatic rings. The van der Waals surface area contributed by atoms with E-state index in [1.54, 1.807) is 0 Å². The van der Waals surface area contributed by atoms with Crippen LogP contribution >= 0.6 is 0 Å². The molecular formula is C14H33N2+. The summed E-state index contributed by atoms with van der Waals surface area (Å²) < 4.78 is 1.11. The molecule has 0 bridgehead atoms. The number of quaternary nitrogens is 1. The van der Waals surface area contributed by atoms with Crippen LogP contribution in [-0.4, -0.2) is 50.3 Å². The van der Waals surface area contributed by atoms with Gasteiger partial charge < -0.3 is 4.48 Å². The zero-order valence-corrected chi connectivity index (χ0v) is 12.4. The van der Waals surface area contributed by atoms with Gasteiger partial charge in [-0.3, -0.25) is 4.90 Å². The lowest BCUT2D eigenvalue weighted by molar-refractivity contribution is -0.924. The van der Waals surface area contributed by atoms with Crippen LogP contribution in [0.1, 0.15) is 52.4 Å². The van der Waals surface area contributed by atoms with Crippen LogP contribution < -0.4 is 0 Å². The Bertz CT molecular complexity index is 164. The molecule has 2 nitrogen and oxygen atoms in total. The van der Waals surface area contributed by atoms with Gasteiger partial charge in [-0.2, -0.15) is 0 Å². The van der Waals surface area contributed by atoms with E-state index in [1.807, 2.05) is 0 Å². The highest BCUT2D eigenvalue weighted by Crippen LogP contribution is 2.12. The highest BCUT2D eigenvalue weighted by atomic mass is 15.4. The number of unbranched alkanes of at least 4 members (excludes halogenated alkanes) is 5. The Morgan fingerprint density at radius 3 is 1.94 bits per heavy atom. The van der Waals surface area contributed by atoms with Crippen LogP contribution in [-0.2, 0) is 0 Å².